The van der Waals surface area contributed by atoms with Crippen molar-refractivity contribution < 1.29 is 9.84 Å². The predicted molar refractivity (Wildman–Crippen MR) is 120 cm³/mol. The Kier molecular flexibility index (Phi) is 9.97. The minimum absolute atomic E-state index is 0. The second-order valence-electron chi connectivity index (χ2n) is 6.07. The van der Waals surface area contributed by atoms with E-state index in [-0.39, 0.29) is 30.5 Å². The third kappa shape index (κ3) is 7.51. The van der Waals surface area contributed by atoms with Crippen LogP contribution in [0.3, 0.4) is 0 Å². The minimum Gasteiger partial charge on any atom is -0.492 e. The highest BCUT2D eigenvalue weighted by molar-refractivity contribution is 14.0. The second kappa shape index (κ2) is 11.4. The number of hydrogen-bond acceptors (Lipinski definition) is 4. The largest absolute Gasteiger partial charge is 0.492 e. The van der Waals surface area contributed by atoms with Crippen molar-refractivity contribution in [3.8, 4) is 5.75 Å². The molecule has 1 aromatic carbocycles. The first-order valence-corrected chi connectivity index (χ1v) is 9.42. The standard InChI is InChI=1S/C19H27N3O2S.HI/c1-4-20-18(22-14-19(3,23)16-8-11-25-13-16)21-9-10-24-17-7-5-6-15(2)12-17;/h5-8,11-13,23H,4,9-10,14H2,1-3H3,(H2,20,21,22);1H. The molecular formula is C19H28IN3O2S. The van der Waals surface area contributed by atoms with Crippen molar-refractivity contribution in [2.24, 2.45) is 4.99 Å². The summed E-state index contributed by atoms with van der Waals surface area (Å²) in [4.78, 5) is 4.49. The molecule has 0 aliphatic carbocycles. The van der Waals surface area contributed by atoms with Crippen LogP contribution in [0.4, 0.5) is 0 Å². The number of nitrogens with one attached hydrogen (secondary N) is 2. The molecule has 1 atom stereocenters. The average Bonchev–Trinajstić information content (AvgIpc) is 3.12. The number of guanidine groups is 1. The van der Waals surface area contributed by atoms with Crippen LogP contribution < -0.4 is 15.4 Å². The fourth-order valence-corrected chi connectivity index (χ4v) is 3.06. The lowest BCUT2D eigenvalue weighted by atomic mass is 10.00. The molecule has 1 unspecified atom stereocenters. The minimum atomic E-state index is -0.972. The van der Waals surface area contributed by atoms with E-state index in [4.69, 9.17) is 4.74 Å². The molecule has 0 aliphatic heterocycles. The molecule has 0 saturated carbocycles. The van der Waals surface area contributed by atoms with E-state index >= 15 is 0 Å². The van der Waals surface area contributed by atoms with E-state index in [1.165, 1.54) is 5.56 Å². The third-order valence-electron chi connectivity index (χ3n) is 3.69. The summed E-state index contributed by atoms with van der Waals surface area (Å²) in [5.41, 5.74) is 1.09. The van der Waals surface area contributed by atoms with E-state index in [1.807, 2.05) is 54.9 Å². The molecule has 0 aliphatic rings. The zero-order chi connectivity index (χ0) is 18.1. The molecule has 26 heavy (non-hydrogen) atoms. The number of hydrogen-bond donors (Lipinski definition) is 3. The van der Waals surface area contributed by atoms with Crippen molar-refractivity contribution in [1.82, 2.24) is 10.6 Å². The van der Waals surface area contributed by atoms with Crippen LogP contribution >= 0.6 is 35.3 Å². The summed E-state index contributed by atoms with van der Waals surface area (Å²) in [6.45, 7) is 8.04. The van der Waals surface area contributed by atoms with Gasteiger partial charge in [-0.15, -0.1) is 24.0 Å². The maximum Gasteiger partial charge on any atom is 0.191 e. The van der Waals surface area contributed by atoms with Crippen molar-refractivity contribution >= 4 is 41.3 Å². The van der Waals surface area contributed by atoms with Gasteiger partial charge in [0.1, 0.15) is 18.0 Å². The van der Waals surface area contributed by atoms with Gasteiger partial charge in [0.25, 0.3) is 0 Å². The van der Waals surface area contributed by atoms with Crippen molar-refractivity contribution in [2.75, 3.05) is 26.2 Å². The molecule has 7 heteroatoms. The average molecular weight is 489 g/mol. The summed E-state index contributed by atoms with van der Waals surface area (Å²) in [5.74, 6) is 1.54. The number of aliphatic hydroxyl groups is 1. The highest BCUT2D eigenvalue weighted by atomic mass is 127. The van der Waals surface area contributed by atoms with Crippen LogP contribution in [-0.2, 0) is 5.60 Å². The van der Waals surface area contributed by atoms with Gasteiger partial charge >= 0.3 is 0 Å². The van der Waals surface area contributed by atoms with Crippen molar-refractivity contribution in [1.29, 1.82) is 0 Å². The number of rotatable bonds is 8. The van der Waals surface area contributed by atoms with E-state index in [0.29, 0.717) is 19.1 Å². The fourth-order valence-electron chi connectivity index (χ4n) is 2.28. The first kappa shape index (κ1) is 22.7. The first-order chi connectivity index (χ1) is 12.0. The van der Waals surface area contributed by atoms with Crippen molar-refractivity contribution in [2.45, 2.75) is 26.4 Å². The summed E-state index contributed by atoms with van der Waals surface area (Å²) in [6, 6.07) is 9.91. The molecule has 1 aromatic heterocycles. The Morgan fingerprint density at radius 2 is 2.12 bits per heavy atom. The molecule has 1 heterocycles. The van der Waals surface area contributed by atoms with Gasteiger partial charge in [-0.1, -0.05) is 12.1 Å². The van der Waals surface area contributed by atoms with Gasteiger partial charge in [0.2, 0.25) is 0 Å². The van der Waals surface area contributed by atoms with Crippen LogP contribution in [0.5, 0.6) is 5.75 Å². The number of thiophene rings is 1. The molecule has 0 saturated heterocycles. The van der Waals surface area contributed by atoms with Crippen LogP contribution in [0.2, 0.25) is 0 Å². The monoisotopic (exact) mass is 489 g/mol. The van der Waals surface area contributed by atoms with Crippen molar-refractivity contribution in [3.05, 3.63) is 52.2 Å². The maximum atomic E-state index is 10.6. The predicted octanol–water partition coefficient (Wildman–Crippen LogP) is 3.52. The Hall–Kier alpha value is -1.32. The Morgan fingerprint density at radius 1 is 1.31 bits per heavy atom. The summed E-state index contributed by atoms with van der Waals surface area (Å²) < 4.78 is 5.73. The van der Waals surface area contributed by atoms with Gasteiger partial charge < -0.3 is 20.5 Å². The quantitative estimate of drug-likeness (QED) is 0.230. The summed E-state index contributed by atoms with van der Waals surface area (Å²) >= 11 is 1.57. The van der Waals surface area contributed by atoms with E-state index in [1.54, 1.807) is 18.3 Å². The van der Waals surface area contributed by atoms with E-state index < -0.39 is 5.60 Å². The van der Waals surface area contributed by atoms with E-state index in [9.17, 15) is 5.11 Å². The number of halogens is 1. The van der Waals surface area contributed by atoms with Crippen LogP contribution in [0.1, 0.15) is 25.0 Å². The smallest absolute Gasteiger partial charge is 0.191 e. The Labute approximate surface area is 176 Å². The zero-order valence-corrected chi connectivity index (χ0v) is 18.6. The second-order valence-corrected chi connectivity index (χ2v) is 6.85. The van der Waals surface area contributed by atoms with Crippen LogP contribution in [0, 0.1) is 6.92 Å². The first-order valence-electron chi connectivity index (χ1n) is 8.48. The number of nitrogens with zero attached hydrogens (tertiary/aromatic N) is 1. The van der Waals surface area contributed by atoms with Gasteiger partial charge in [-0.3, -0.25) is 0 Å². The summed E-state index contributed by atoms with van der Waals surface area (Å²) in [5, 5.41) is 20.9. The Bertz CT molecular complexity index is 675. The van der Waals surface area contributed by atoms with Gasteiger partial charge in [-0.25, -0.2) is 4.99 Å². The molecule has 0 spiro atoms. The van der Waals surface area contributed by atoms with Crippen LogP contribution in [0.15, 0.2) is 46.1 Å². The van der Waals surface area contributed by atoms with Gasteiger partial charge in [0.05, 0.1) is 13.1 Å². The molecule has 2 rings (SSSR count). The maximum absolute atomic E-state index is 10.6. The fraction of sp³-hybridized carbons (Fsp3) is 0.421. The zero-order valence-electron chi connectivity index (χ0n) is 15.5. The molecule has 2 aromatic rings. The molecule has 0 fully saturated rings. The van der Waals surface area contributed by atoms with Crippen molar-refractivity contribution in [3.63, 3.8) is 0 Å². The summed E-state index contributed by atoms with van der Waals surface area (Å²) in [7, 11) is 0. The molecule has 144 valence electrons. The SMILES string of the molecule is CCNC(=NCC(C)(O)c1ccsc1)NCCOc1cccc(C)c1.I. The number of ether oxygens (including phenoxy) is 1. The van der Waals surface area contributed by atoms with E-state index in [0.717, 1.165) is 17.9 Å². The Morgan fingerprint density at radius 3 is 2.77 bits per heavy atom. The lowest BCUT2D eigenvalue weighted by Gasteiger charge is -2.21. The lowest BCUT2D eigenvalue weighted by molar-refractivity contribution is 0.0677. The molecule has 0 bridgehead atoms. The lowest BCUT2D eigenvalue weighted by Crippen LogP contribution is -2.40. The number of benzene rings is 1. The normalized spacial score (nSPS) is 13.5. The Balaban J connectivity index is 0.00000338. The van der Waals surface area contributed by atoms with Gasteiger partial charge in [0.15, 0.2) is 5.96 Å². The summed E-state index contributed by atoms with van der Waals surface area (Å²) in [6.07, 6.45) is 0. The van der Waals surface area contributed by atoms with Gasteiger partial charge in [-0.05, 0) is 60.9 Å². The van der Waals surface area contributed by atoms with Gasteiger partial charge in [0, 0.05) is 6.54 Å². The molecule has 5 nitrogen and oxygen atoms in total. The van der Waals surface area contributed by atoms with Crippen LogP contribution in [0.25, 0.3) is 0 Å². The highest BCUT2D eigenvalue weighted by Crippen LogP contribution is 2.23. The number of aliphatic imine (C=N–C) groups is 1. The third-order valence-corrected chi connectivity index (χ3v) is 4.37. The molecule has 0 radical (unpaired) electrons. The number of aryl methyl sites for hydroxylation is 1. The van der Waals surface area contributed by atoms with Crippen LogP contribution in [-0.4, -0.2) is 37.3 Å². The van der Waals surface area contributed by atoms with Gasteiger partial charge in [-0.2, -0.15) is 11.3 Å². The molecule has 3 N–H and O–H groups in total. The molecule has 0 amide bonds. The molecular weight excluding hydrogens is 461 g/mol. The topological polar surface area (TPSA) is 65.9 Å². The highest BCUT2D eigenvalue weighted by Gasteiger charge is 2.23. The van der Waals surface area contributed by atoms with E-state index in [2.05, 4.69) is 15.6 Å².